The van der Waals surface area contributed by atoms with Crippen LogP contribution in [0.2, 0.25) is 0 Å². The van der Waals surface area contributed by atoms with E-state index in [9.17, 15) is 9.59 Å². The minimum absolute atomic E-state index is 0.0498. The van der Waals surface area contributed by atoms with Gasteiger partial charge in [0.25, 0.3) is 5.91 Å². The molecule has 27 heavy (non-hydrogen) atoms. The number of piperazine rings is 1. The maximum atomic E-state index is 12.5. The number of benzene rings is 2. The van der Waals surface area contributed by atoms with Crippen molar-refractivity contribution < 1.29 is 19.1 Å². The Morgan fingerprint density at radius 2 is 1.74 bits per heavy atom. The van der Waals surface area contributed by atoms with Crippen LogP contribution in [0.1, 0.15) is 17.3 Å². The van der Waals surface area contributed by atoms with Crippen LogP contribution in [-0.4, -0.2) is 56.5 Å². The van der Waals surface area contributed by atoms with E-state index in [1.165, 1.54) is 5.69 Å². The monoisotopic (exact) mass is 368 g/mol. The van der Waals surface area contributed by atoms with Crippen LogP contribution in [0.25, 0.3) is 0 Å². The van der Waals surface area contributed by atoms with Crippen LogP contribution >= 0.6 is 0 Å². The first-order chi connectivity index (χ1) is 13.2. The first-order valence-corrected chi connectivity index (χ1v) is 9.14. The molecule has 6 heteroatoms. The summed E-state index contributed by atoms with van der Waals surface area (Å²) in [6.07, 6.45) is 0.754. The predicted octanol–water partition coefficient (Wildman–Crippen LogP) is 2.63. The Balaban J connectivity index is 1.54. The summed E-state index contributed by atoms with van der Waals surface area (Å²) < 4.78 is 11.2. The Morgan fingerprint density at radius 1 is 1.00 bits per heavy atom. The molecule has 2 aromatic rings. The van der Waals surface area contributed by atoms with Gasteiger partial charge in [0.05, 0.1) is 6.61 Å². The lowest BCUT2D eigenvalue weighted by molar-refractivity contribution is -0.133. The van der Waals surface area contributed by atoms with Gasteiger partial charge in [0.15, 0.2) is 18.1 Å². The number of aldehydes is 1. The van der Waals surface area contributed by atoms with Crippen LogP contribution in [-0.2, 0) is 4.79 Å². The molecule has 1 aliphatic heterocycles. The van der Waals surface area contributed by atoms with Crippen molar-refractivity contribution in [1.29, 1.82) is 0 Å². The Hall–Kier alpha value is -3.02. The van der Waals surface area contributed by atoms with E-state index < -0.39 is 0 Å². The first-order valence-electron chi connectivity index (χ1n) is 9.14. The van der Waals surface area contributed by atoms with Crippen molar-refractivity contribution in [1.82, 2.24) is 4.90 Å². The highest BCUT2D eigenvalue weighted by Gasteiger charge is 2.22. The first kappa shape index (κ1) is 18.8. The molecule has 0 atom stereocenters. The third-order valence-electron chi connectivity index (χ3n) is 4.51. The highest BCUT2D eigenvalue weighted by atomic mass is 16.5. The Kier molecular flexibility index (Phi) is 6.30. The average molecular weight is 368 g/mol. The van der Waals surface area contributed by atoms with Gasteiger partial charge >= 0.3 is 0 Å². The second-order valence-electron chi connectivity index (χ2n) is 6.25. The number of amides is 1. The van der Waals surface area contributed by atoms with Gasteiger partial charge in [-0.25, -0.2) is 0 Å². The van der Waals surface area contributed by atoms with Crippen LogP contribution in [0.3, 0.4) is 0 Å². The zero-order chi connectivity index (χ0) is 19.1. The SMILES string of the molecule is CCOc1cc(C=O)ccc1OCC(=O)N1CCN(c2ccccc2)CC1. The van der Waals surface area contributed by atoms with Crippen LogP contribution in [0, 0.1) is 0 Å². The van der Waals surface area contributed by atoms with Crippen molar-refractivity contribution >= 4 is 17.9 Å². The number of hydrogen-bond donors (Lipinski definition) is 0. The predicted molar refractivity (Wildman–Crippen MR) is 104 cm³/mol. The molecule has 1 saturated heterocycles. The van der Waals surface area contributed by atoms with Gasteiger partial charge in [-0.05, 0) is 37.3 Å². The standard InChI is InChI=1S/C21H24N2O4/c1-2-26-20-14-17(15-24)8-9-19(20)27-16-21(25)23-12-10-22(11-13-23)18-6-4-3-5-7-18/h3-9,14-15H,2,10-13,16H2,1H3. The average Bonchev–Trinajstić information content (AvgIpc) is 2.73. The lowest BCUT2D eigenvalue weighted by Crippen LogP contribution is -2.50. The molecule has 6 nitrogen and oxygen atoms in total. The fourth-order valence-corrected chi connectivity index (χ4v) is 3.07. The minimum atomic E-state index is -0.0513. The molecule has 1 heterocycles. The lowest BCUT2D eigenvalue weighted by atomic mass is 10.2. The van der Waals surface area contributed by atoms with Gasteiger partial charge in [-0.2, -0.15) is 0 Å². The number of para-hydroxylation sites is 1. The number of nitrogens with zero attached hydrogens (tertiary/aromatic N) is 2. The second-order valence-corrected chi connectivity index (χ2v) is 6.25. The maximum absolute atomic E-state index is 12.5. The van der Waals surface area contributed by atoms with Gasteiger partial charge in [-0.1, -0.05) is 18.2 Å². The van der Waals surface area contributed by atoms with Crippen LogP contribution in [0.5, 0.6) is 11.5 Å². The summed E-state index contributed by atoms with van der Waals surface area (Å²) >= 11 is 0. The fourth-order valence-electron chi connectivity index (χ4n) is 3.07. The summed E-state index contributed by atoms with van der Waals surface area (Å²) in [5.74, 6) is 0.896. The smallest absolute Gasteiger partial charge is 0.260 e. The highest BCUT2D eigenvalue weighted by molar-refractivity contribution is 5.79. The molecule has 1 aliphatic rings. The van der Waals surface area contributed by atoms with Gasteiger partial charge in [0.2, 0.25) is 0 Å². The van der Waals surface area contributed by atoms with Crippen molar-refractivity contribution in [2.45, 2.75) is 6.92 Å². The number of rotatable bonds is 7. The van der Waals surface area contributed by atoms with Crippen LogP contribution in [0.4, 0.5) is 5.69 Å². The van der Waals surface area contributed by atoms with E-state index >= 15 is 0 Å². The molecule has 0 aliphatic carbocycles. The summed E-state index contributed by atoms with van der Waals surface area (Å²) in [4.78, 5) is 27.5. The molecule has 142 valence electrons. The number of carbonyl (C=O) groups excluding carboxylic acids is 2. The summed E-state index contributed by atoms with van der Waals surface area (Å²) in [5.41, 5.74) is 1.69. The van der Waals surface area contributed by atoms with E-state index in [-0.39, 0.29) is 12.5 Å². The summed E-state index contributed by atoms with van der Waals surface area (Å²) in [5, 5.41) is 0. The number of hydrogen-bond acceptors (Lipinski definition) is 5. The molecule has 0 spiro atoms. The quantitative estimate of drug-likeness (QED) is 0.703. The molecule has 0 saturated carbocycles. The summed E-state index contributed by atoms with van der Waals surface area (Å²) in [6.45, 7) is 5.19. The minimum Gasteiger partial charge on any atom is -0.490 e. The van der Waals surface area contributed by atoms with Crippen molar-refractivity contribution in [2.75, 3.05) is 44.3 Å². The molecular weight excluding hydrogens is 344 g/mol. The van der Waals surface area contributed by atoms with Crippen molar-refractivity contribution in [2.24, 2.45) is 0 Å². The Bertz CT molecular complexity index is 771. The van der Waals surface area contributed by atoms with Gasteiger partial charge in [0, 0.05) is 37.4 Å². The van der Waals surface area contributed by atoms with Crippen molar-refractivity contribution in [3.05, 3.63) is 54.1 Å². The topological polar surface area (TPSA) is 59.1 Å². The molecule has 0 radical (unpaired) electrons. The Labute approximate surface area is 159 Å². The number of ether oxygens (including phenoxy) is 2. The van der Waals surface area contributed by atoms with Crippen molar-refractivity contribution in [3.8, 4) is 11.5 Å². The lowest BCUT2D eigenvalue weighted by Gasteiger charge is -2.36. The van der Waals surface area contributed by atoms with E-state index in [0.717, 1.165) is 19.4 Å². The van der Waals surface area contributed by atoms with Crippen molar-refractivity contribution in [3.63, 3.8) is 0 Å². The van der Waals surface area contributed by atoms with Gasteiger partial charge in [-0.3, -0.25) is 9.59 Å². The molecule has 0 unspecified atom stereocenters. The fraction of sp³-hybridized carbons (Fsp3) is 0.333. The third-order valence-corrected chi connectivity index (χ3v) is 4.51. The molecule has 0 aromatic heterocycles. The zero-order valence-corrected chi connectivity index (χ0v) is 15.5. The number of carbonyl (C=O) groups is 2. The van der Waals surface area contributed by atoms with Gasteiger partial charge in [0.1, 0.15) is 6.29 Å². The largest absolute Gasteiger partial charge is 0.490 e. The highest BCUT2D eigenvalue weighted by Crippen LogP contribution is 2.28. The zero-order valence-electron chi connectivity index (χ0n) is 15.5. The van der Waals surface area contributed by atoms with E-state index in [2.05, 4.69) is 17.0 Å². The Morgan fingerprint density at radius 3 is 2.41 bits per heavy atom. The third kappa shape index (κ3) is 4.78. The summed E-state index contributed by atoms with van der Waals surface area (Å²) in [6, 6.07) is 15.1. The molecule has 2 aromatic carbocycles. The molecular formula is C21H24N2O4. The van der Waals surface area contributed by atoms with Gasteiger partial charge in [-0.15, -0.1) is 0 Å². The summed E-state index contributed by atoms with van der Waals surface area (Å²) in [7, 11) is 0. The molecule has 1 amide bonds. The maximum Gasteiger partial charge on any atom is 0.260 e. The van der Waals surface area contributed by atoms with E-state index in [0.29, 0.717) is 36.8 Å². The molecule has 3 rings (SSSR count). The van der Waals surface area contributed by atoms with E-state index in [4.69, 9.17) is 9.47 Å². The van der Waals surface area contributed by atoms with E-state index in [1.54, 1.807) is 18.2 Å². The second kappa shape index (κ2) is 9.07. The molecule has 0 bridgehead atoms. The van der Waals surface area contributed by atoms with E-state index in [1.807, 2.05) is 30.0 Å². The normalized spacial score (nSPS) is 14.0. The van der Waals surface area contributed by atoms with Gasteiger partial charge < -0.3 is 19.3 Å². The molecule has 1 fully saturated rings. The molecule has 0 N–H and O–H groups in total. The number of anilines is 1. The van der Waals surface area contributed by atoms with Crippen LogP contribution in [0.15, 0.2) is 48.5 Å². The van der Waals surface area contributed by atoms with Crippen LogP contribution < -0.4 is 14.4 Å².